The molecule has 0 unspecified atom stereocenters. The highest BCUT2D eigenvalue weighted by molar-refractivity contribution is 5.85. The zero-order chi connectivity index (χ0) is 10.8. The summed E-state index contributed by atoms with van der Waals surface area (Å²) in [5.74, 6) is 1.03. The first-order valence-corrected chi connectivity index (χ1v) is 5.21. The largest absolute Gasteiger partial charge is 0.460 e. The molecule has 0 bridgehead atoms. The zero-order valence-electron chi connectivity index (χ0n) is 9.04. The molecule has 2 rings (SSSR count). The molecular formula is C13H14O2. The second kappa shape index (κ2) is 3.89. The van der Waals surface area contributed by atoms with Crippen molar-refractivity contribution >= 4 is 16.8 Å². The number of Topliss-reactive ketones (excluding diaryl/α,β-unsaturated/α-hetero) is 1. The minimum Gasteiger partial charge on any atom is -0.460 e. The second-order valence-electron chi connectivity index (χ2n) is 3.72. The molecule has 1 aromatic carbocycles. The van der Waals surface area contributed by atoms with E-state index in [4.69, 9.17) is 4.42 Å². The average molecular weight is 202 g/mol. The maximum atomic E-state index is 11.4. The minimum absolute atomic E-state index is 0.220. The van der Waals surface area contributed by atoms with Gasteiger partial charge in [-0.3, -0.25) is 4.79 Å². The molecule has 0 aliphatic carbocycles. The molecule has 0 N–H and O–H groups in total. The van der Waals surface area contributed by atoms with Crippen molar-refractivity contribution in [2.24, 2.45) is 0 Å². The van der Waals surface area contributed by atoms with E-state index in [1.807, 2.05) is 38.1 Å². The number of hydrogen-bond donors (Lipinski definition) is 0. The number of rotatable bonds is 3. The predicted octanol–water partition coefficient (Wildman–Crippen LogP) is 3.26. The minimum atomic E-state index is 0.220. The second-order valence-corrected chi connectivity index (χ2v) is 3.72. The third-order valence-corrected chi connectivity index (χ3v) is 2.69. The molecule has 2 aromatic rings. The predicted molar refractivity (Wildman–Crippen MR) is 60.0 cm³/mol. The monoisotopic (exact) mass is 202 g/mol. The van der Waals surface area contributed by atoms with E-state index in [1.54, 1.807) is 0 Å². The van der Waals surface area contributed by atoms with Crippen LogP contribution in [0.5, 0.6) is 0 Å². The molecule has 0 saturated heterocycles. The van der Waals surface area contributed by atoms with Crippen LogP contribution in [0, 0.1) is 6.92 Å². The van der Waals surface area contributed by atoms with E-state index in [2.05, 4.69) is 0 Å². The maximum Gasteiger partial charge on any atom is 0.140 e. The van der Waals surface area contributed by atoms with Crippen LogP contribution in [-0.4, -0.2) is 5.78 Å². The molecule has 2 nitrogen and oxygen atoms in total. The van der Waals surface area contributed by atoms with Crippen molar-refractivity contribution in [2.75, 3.05) is 0 Å². The first-order chi connectivity index (χ1) is 7.22. The Morgan fingerprint density at radius 1 is 1.33 bits per heavy atom. The van der Waals surface area contributed by atoms with Gasteiger partial charge in [0.05, 0.1) is 6.42 Å². The standard InChI is InChI=1S/C13H14O2/c1-3-10(14)8-13-9(2)11-6-4-5-7-12(11)15-13/h4-7H,3,8H2,1-2H3. The van der Waals surface area contributed by atoms with Gasteiger partial charge in [-0.1, -0.05) is 25.1 Å². The summed E-state index contributed by atoms with van der Waals surface area (Å²) < 4.78 is 5.65. The van der Waals surface area contributed by atoms with Gasteiger partial charge in [0.1, 0.15) is 17.1 Å². The van der Waals surface area contributed by atoms with E-state index >= 15 is 0 Å². The van der Waals surface area contributed by atoms with Gasteiger partial charge in [0.25, 0.3) is 0 Å². The fourth-order valence-electron chi connectivity index (χ4n) is 1.70. The number of hydrogen-bond acceptors (Lipinski definition) is 2. The van der Waals surface area contributed by atoms with Crippen LogP contribution in [0.1, 0.15) is 24.7 Å². The molecule has 15 heavy (non-hydrogen) atoms. The summed E-state index contributed by atoms with van der Waals surface area (Å²) >= 11 is 0. The van der Waals surface area contributed by atoms with Gasteiger partial charge >= 0.3 is 0 Å². The Morgan fingerprint density at radius 2 is 2.07 bits per heavy atom. The van der Waals surface area contributed by atoms with Crippen LogP contribution >= 0.6 is 0 Å². The van der Waals surface area contributed by atoms with E-state index in [0.29, 0.717) is 12.8 Å². The Labute approximate surface area is 88.9 Å². The summed E-state index contributed by atoms with van der Waals surface area (Å²) in [6.07, 6.45) is 0.980. The number of furan rings is 1. The number of carbonyl (C=O) groups is 1. The molecule has 2 heteroatoms. The molecule has 78 valence electrons. The molecular weight excluding hydrogens is 188 g/mol. The van der Waals surface area contributed by atoms with Gasteiger partial charge in [-0.05, 0) is 18.6 Å². The molecule has 1 aromatic heterocycles. The number of aryl methyl sites for hydroxylation is 1. The van der Waals surface area contributed by atoms with Crippen molar-refractivity contribution in [1.29, 1.82) is 0 Å². The first-order valence-electron chi connectivity index (χ1n) is 5.21. The molecule has 0 aliphatic heterocycles. The molecule has 0 atom stereocenters. The van der Waals surface area contributed by atoms with Crippen LogP contribution in [0.4, 0.5) is 0 Å². The molecule has 0 amide bonds. The fourth-order valence-corrected chi connectivity index (χ4v) is 1.70. The zero-order valence-corrected chi connectivity index (χ0v) is 9.04. The highest BCUT2D eigenvalue weighted by atomic mass is 16.3. The molecule has 0 saturated carbocycles. The Kier molecular flexibility index (Phi) is 2.58. The van der Waals surface area contributed by atoms with Crippen LogP contribution < -0.4 is 0 Å². The Balaban J connectivity index is 2.44. The average Bonchev–Trinajstić information content (AvgIpc) is 2.57. The van der Waals surface area contributed by atoms with Gasteiger partial charge in [0.2, 0.25) is 0 Å². The molecule has 0 aliphatic rings. The summed E-state index contributed by atoms with van der Waals surface area (Å²) in [4.78, 5) is 11.4. The smallest absolute Gasteiger partial charge is 0.140 e. The fraction of sp³-hybridized carbons (Fsp3) is 0.308. The third-order valence-electron chi connectivity index (χ3n) is 2.69. The Bertz CT molecular complexity index is 494. The summed E-state index contributed by atoms with van der Waals surface area (Å²) in [6, 6.07) is 7.88. The van der Waals surface area contributed by atoms with Gasteiger partial charge < -0.3 is 4.42 Å². The van der Waals surface area contributed by atoms with Gasteiger partial charge in [0.15, 0.2) is 0 Å². The van der Waals surface area contributed by atoms with E-state index in [-0.39, 0.29) is 5.78 Å². The van der Waals surface area contributed by atoms with E-state index in [0.717, 1.165) is 22.3 Å². The van der Waals surface area contributed by atoms with E-state index in [1.165, 1.54) is 0 Å². The highest BCUT2D eigenvalue weighted by Crippen LogP contribution is 2.25. The number of fused-ring (bicyclic) bond motifs is 1. The van der Waals surface area contributed by atoms with Crippen molar-refractivity contribution in [3.63, 3.8) is 0 Å². The van der Waals surface area contributed by atoms with E-state index < -0.39 is 0 Å². The van der Waals surface area contributed by atoms with Crippen LogP contribution in [-0.2, 0) is 11.2 Å². The number of benzene rings is 1. The molecule has 0 radical (unpaired) electrons. The molecule has 0 spiro atoms. The maximum absolute atomic E-state index is 11.4. The van der Waals surface area contributed by atoms with Crippen molar-refractivity contribution in [1.82, 2.24) is 0 Å². The van der Waals surface area contributed by atoms with Gasteiger partial charge in [0, 0.05) is 11.8 Å². The number of para-hydroxylation sites is 1. The van der Waals surface area contributed by atoms with Crippen LogP contribution in [0.15, 0.2) is 28.7 Å². The van der Waals surface area contributed by atoms with Gasteiger partial charge in [-0.2, -0.15) is 0 Å². The lowest BCUT2D eigenvalue weighted by Crippen LogP contribution is -2.00. The molecule has 1 heterocycles. The topological polar surface area (TPSA) is 30.2 Å². The van der Waals surface area contributed by atoms with Gasteiger partial charge in [-0.25, -0.2) is 0 Å². The number of ketones is 1. The van der Waals surface area contributed by atoms with E-state index in [9.17, 15) is 4.79 Å². The lowest BCUT2D eigenvalue weighted by atomic mass is 10.1. The highest BCUT2D eigenvalue weighted by Gasteiger charge is 2.12. The SMILES string of the molecule is CCC(=O)Cc1oc2ccccc2c1C. The quantitative estimate of drug-likeness (QED) is 0.764. The summed E-state index contributed by atoms with van der Waals surface area (Å²) in [5.41, 5.74) is 1.96. The third kappa shape index (κ3) is 1.80. The molecule has 0 fully saturated rings. The van der Waals surface area contributed by atoms with Crippen LogP contribution in [0.2, 0.25) is 0 Å². The number of carbonyl (C=O) groups excluding carboxylic acids is 1. The normalized spacial score (nSPS) is 10.8. The van der Waals surface area contributed by atoms with Crippen LogP contribution in [0.25, 0.3) is 11.0 Å². The van der Waals surface area contributed by atoms with Crippen molar-refractivity contribution in [3.05, 3.63) is 35.6 Å². The Morgan fingerprint density at radius 3 is 2.73 bits per heavy atom. The van der Waals surface area contributed by atoms with Crippen LogP contribution in [0.3, 0.4) is 0 Å². The summed E-state index contributed by atoms with van der Waals surface area (Å²) in [5, 5.41) is 1.11. The van der Waals surface area contributed by atoms with Crippen molar-refractivity contribution in [2.45, 2.75) is 26.7 Å². The lowest BCUT2D eigenvalue weighted by Gasteiger charge is -1.94. The van der Waals surface area contributed by atoms with Crippen molar-refractivity contribution in [3.8, 4) is 0 Å². The summed E-state index contributed by atoms with van der Waals surface area (Å²) in [6.45, 7) is 3.88. The lowest BCUT2D eigenvalue weighted by molar-refractivity contribution is -0.118. The first kappa shape index (κ1) is 9.97. The van der Waals surface area contributed by atoms with Crippen molar-refractivity contribution < 1.29 is 9.21 Å². The van der Waals surface area contributed by atoms with Gasteiger partial charge in [-0.15, -0.1) is 0 Å². The summed E-state index contributed by atoms with van der Waals surface area (Å²) in [7, 11) is 0. The Hall–Kier alpha value is -1.57.